The summed E-state index contributed by atoms with van der Waals surface area (Å²) in [4.78, 5) is 31.4. The molecule has 0 spiro atoms. The van der Waals surface area contributed by atoms with Gasteiger partial charge in [-0.15, -0.1) is 10.2 Å². The molecule has 2 aromatic heterocycles. The van der Waals surface area contributed by atoms with Gasteiger partial charge in [-0.25, -0.2) is 18.6 Å². The molecular formula is C24H26F2N6O4. The van der Waals surface area contributed by atoms with Crippen LogP contribution in [0.25, 0.3) is 22.2 Å². The van der Waals surface area contributed by atoms with E-state index in [0.717, 1.165) is 6.20 Å². The van der Waals surface area contributed by atoms with E-state index in [0.29, 0.717) is 37.2 Å². The molecule has 1 amide bonds. The van der Waals surface area contributed by atoms with Crippen molar-refractivity contribution in [3.05, 3.63) is 40.7 Å². The molecule has 190 valence electrons. The molecule has 2 fully saturated rings. The maximum absolute atomic E-state index is 15.3. The van der Waals surface area contributed by atoms with Crippen molar-refractivity contribution in [2.24, 2.45) is 0 Å². The number of alkyl halides is 1. The number of halogens is 2. The van der Waals surface area contributed by atoms with Gasteiger partial charge in [-0.1, -0.05) is 0 Å². The van der Waals surface area contributed by atoms with Gasteiger partial charge in [0, 0.05) is 31.2 Å². The molecule has 36 heavy (non-hydrogen) atoms. The molecule has 10 nitrogen and oxygen atoms in total. The van der Waals surface area contributed by atoms with Gasteiger partial charge in [-0.05, 0) is 38.3 Å². The maximum atomic E-state index is 15.3. The molecule has 1 aromatic carbocycles. The number of fused-ring (bicyclic) bond motifs is 3. The Morgan fingerprint density at radius 2 is 2.06 bits per heavy atom. The van der Waals surface area contributed by atoms with Crippen LogP contribution in [0.1, 0.15) is 26.2 Å². The molecule has 4 heterocycles. The Hall–Kier alpha value is -3.83. The first-order valence-corrected chi connectivity index (χ1v) is 11.7. The van der Waals surface area contributed by atoms with E-state index >= 15 is 4.39 Å². The Morgan fingerprint density at radius 3 is 2.69 bits per heavy atom. The number of hydrogen-bond acceptors (Lipinski definition) is 7. The zero-order chi connectivity index (χ0) is 25.7. The van der Waals surface area contributed by atoms with Crippen LogP contribution in [-0.2, 0) is 6.54 Å². The highest BCUT2D eigenvalue weighted by Gasteiger charge is 2.51. The average molecular weight is 501 g/mol. The number of rotatable bonds is 5. The molecule has 2 saturated heterocycles. The van der Waals surface area contributed by atoms with Crippen LogP contribution in [0.2, 0.25) is 0 Å². The highest BCUT2D eigenvalue weighted by molar-refractivity contribution is 5.89. The van der Waals surface area contributed by atoms with Gasteiger partial charge in [0.1, 0.15) is 17.7 Å². The third kappa shape index (κ3) is 3.71. The zero-order valence-corrected chi connectivity index (χ0v) is 20.1. The van der Waals surface area contributed by atoms with E-state index in [1.165, 1.54) is 34.9 Å². The molecule has 4 unspecified atom stereocenters. The van der Waals surface area contributed by atoms with Crippen LogP contribution in [0.15, 0.2) is 29.3 Å². The minimum atomic E-state index is -1.37. The van der Waals surface area contributed by atoms with E-state index in [4.69, 9.17) is 4.74 Å². The summed E-state index contributed by atoms with van der Waals surface area (Å²) in [6.07, 6.45) is 1.61. The van der Waals surface area contributed by atoms with Crippen molar-refractivity contribution in [3.63, 3.8) is 0 Å². The summed E-state index contributed by atoms with van der Waals surface area (Å²) in [5.41, 5.74) is 0.0221. The van der Waals surface area contributed by atoms with Crippen molar-refractivity contribution in [2.75, 3.05) is 19.1 Å². The minimum Gasteiger partial charge on any atom is -0.496 e. The van der Waals surface area contributed by atoms with Crippen molar-refractivity contribution in [2.45, 2.75) is 57.0 Å². The Kier molecular flexibility index (Phi) is 5.97. The number of anilines is 1. The van der Waals surface area contributed by atoms with Crippen LogP contribution < -0.4 is 15.2 Å². The first-order valence-electron chi connectivity index (χ1n) is 11.7. The molecule has 2 bridgehead atoms. The Balaban J connectivity index is 1.46. The number of benzene rings is 1. The van der Waals surface area contributed by atoms with Crippen LogP contribution >= 0.6 is 0 Å². The van der Waals surface area contributed by atoms with Gasteiger partial charge in [-0.2, -0.15) is 0 Å². The number of carbonyl (C=O) groups is 1. The quantitative estimate of drug-likeness (QED) is 0.569. The predicted molar refractivity (Wildman–Crippen MR) is 128 cm³/mol. The predicted octanol–water partition coefficient (Wildman–Crippen LogP) is 3.08. The summed E-state index contributed by atoms with van der Waals surface area (Å²) < 4.78 is 36.8. The summed E-state index contributed by atoms with van der Waals surface area (Å²) in [5, 5.41) is 18.1. The first kappa shape index (κ1) is 23.9. The number of piperidine rings is 1. The highest BCUT2D eigenvalue weighted by Crippen LogP contribution is 2.40. The Bertz CT molecular complexity index is 1380. The van der Waals surface area contributed by atoms with Crippen LogP contribution in [0.5, 0.6) is 5.75 Å². The number of nitrogens with zero attached hydrogens (tertiary/aromatic N) is 6. The smallest absolute Gasteiger partial charge is 0.407 e. The molecule has 2 aliphatic heterocycles. The number of methoxy groups -OCH3 is 1. The minimum absolute atomic E-state index is 0.117. The number of carboxylic acid groups (broad SMARTS) is 1. The molecule has 0 radical (unpaired) electrons. The van der Waals surface area contributed by atoms with Crippen LogP contribution in [0.3, 0.4) is 0 Å². The number of hydrogen-bond donors (Lipinski definition) is 1. The summed E-state index contributed by atoms with van der Waals surface area (Å²) in [7, 11) is 3.11. The van der Waals surface area contributed by atoms with Crippen LogP contribution in [-0.4, -0.2) is 74.3 Å². The normalized spacial score (nSPS) is 23.2. The standard InChI is InChI=1S/C24H26F2N6O4/c1-4-31-11-16(25)13-8-15(19(36-3)9-14(13)23(31)33)22-27-10-20(28-29-22)30(2)18-7-12-5-6-17(21(18)26)32(12)24(34)35/h8-12,17-18,21H,4-7H2,1-3H3,(H,34,35). The molecule has 3 aromatic rings. The van der Waals surface area contributed by atoms with Gasteiger partial charge in [0.25, 0.3) is 5.56 Å². The van der Waals surface area contributed by atoms with E-state index in [-0.39, 0.29) is 33.9 Å². The first-order chi connectivity index (χ1) is 17.2. The Morgan fingerprint density at radius 1 is 1.28 bits per heavy atom. The molecule has 2 aliphatic rings. The van der Waals surface area contributed by atoms with E-state index in [2.05, 4.69) is 15.2 Å². The fourth-order valence-electron chi connectivity index (χ4n) is 5.47. The second kappa shape index (κ2) is 8.99. The molecule has 5 rings (SSSR count). The molecule has 4 atom stereocenters. The fourth-order valence-corrected chi connectivity index (χ4v) is 5.47. The maximum Gasteiger partial charge on any atom is 0.407 e. The molecular weight excluding hydrogens is 474 g/mol. The Labute approximate surface area is 205 Å². The van der Waals surface area contributed by atoms with Gasteiger partial charge >= 0.3 is 6.09 Å². The summed E-state index contributed by atoms with van der Waals surface area (Å²) in [6, 6.07) is 1.45. The van der Waals surface area contributed by atoms with Gasteiger partial charge < -0.3 is 19.3 Å². The number of aryl methyl sites for hydroxylation is 1. The molecule has 1 N–H and O–H groups in total. The number of ether oxygens (including phenoxy) is 1. The summed E-state index contributed by atoms with van der Waals surface area (Å²) in [6.45, 7) is 2.08. The summed E-state index contributed by atoms with van der Waals surface area (Å²) >= 11 is 0. The SMILES string of the molecule is CCn1cc(F)c2cc(-c3ncc(N(C)C4CC5CCC(C4F)N5C(=O)O)nn3)c(OC)cc2c1=O. The lowest BCUT2D eigenvalue weighted by atomic mass is 9.94. The van der Waals surface area contributed by atoms with E-state index in [9.17, 15) is 19.1 Å². The highest BCUT2D eigenvalue weighted by atomic mass is 19.1. The van der Waals surface area contributed by atoms with Crippen molar-refractivity contribution in [1.29, 1.82) is 0 Å². The molecule has 0 aliphatic carbocycles. The van der Waals surface area contributed by atoms with Gasteiger partial charge in [0.2, 0.25) is 0 Å². The number of amides is 1. The van der Waals surface area contributed by atoms with Gasteiger partial charge in [-0.3, -0.25) is 9.69 Å². The van der Waals surface area contributed by atoms with Crippen molar-refractivity contribution in [3.8, 4) is 17.1 Å². The fraction of sp³-hybridized carbons (Fsp3) is 0.458. The number of pyridine rings is 1. The van der Waals surface area contributed by atoms with Gasteiger partial charge in [0.15, 0.2) is 11.6 Å². The third-order valence-electron chi connectivity index (χ3n) is 7.36. The van der Waals surface area contributed by atoms with Crippen LogP contribution in [0.4, 0.5) is 19.4 Å². The van der Waals surface area contributed by atoms with Crippen molar-refractivity contribution >= 4 is 22.7 Å². The average Bonchev–Trinajstić information content (AvgIpc) is 3.24. The van der Waals surface area contributed by atoms with Gasteiger partial charge in [0.05, 0.1) is 36.3 Å². The lowest BCUT2D eigenvalue weighted by molar-refractivity contribution is 0.0489. The van der Waals surface area contributed by atoms with Crippen molar-refractivity contribution in [1.82, 2.24) is 24.6 Å². The van der Waals surface area contributed by atoms with Crippen molar-refractivity contribution < 1.29 is 23.4 Å². The van der Waals surface area contributed by atoms with E-state index < -0.39 is 30.2 Å². The largest absolute Gasteiger partial charge is 0.496 e. The molecule has 0 saturated carbocycles. The second-order valence-corrected chi connectivity index (χ2v) is 9.15. The molecule has 12 heteroatoms. The van der Waals surface area contributed by atoms with E-state index in [1.807, 2.05) is 0 Å². The number of aromatic nitrogens is 4. The lowest BCUT2D eigenvalue weighted by Crippen LogP contribution is -2.58. The second-order valence-electron chi connectivity index (χ2n) is 9.15. The van der Waals surface area contributed by atoms with E-state index in [1.54, 1.807) is 18.9 Å². The monoisotopic (exact) mass is 500 g/mol. The third-order valence-corrected chi connectivity index (χ3v) is 7.36. The summed E-state index contributed by atoms with van der Waals surface area (Å²) in [5.74, 6) is 0.210. The van der Waals surface area contributed by atoms with Crippen LogP contribution in [0, 0.1) is 5.82 Å². The lowest BCUT2D eigenvalue weighted by Gasteiger charge is -2.43. The zero-order valence-electron chi connectivity index (χ0n) is 20.1. The topological polar surface area (TPSA) is 114 Å².